The summed E-state index contributed by atoms with van der Waals surface area (Å²) in [5.41, 5.74) is 3.86. The SMILES string of the molecule is CNC(=O)C(Cc1ccccc1)N(Cc1ccc(Cl)cc1)C(=O)CN(c1ccc(C)c(C)c1)S(=O)(=O)c1ccccc1. The third-order valence-electron chi connectivity index (χ3n) is 7.17. The Hall–Kier alpha value is -4.14. The molecule has 0 saturated carbocycles. The molecular weight excluding hydrogens is 570 g/mol. The summed E-state index contributed by atoms with van der Waals surface area (Å²) >= 11 is 6.10. The van der Waals surface area contributed by atoms with E-state index in [1.54, 1.807) is 54.6 Å². The lowest BCUT2D eigenvalue weighted by molar-refractivity contribution is -0.139. The smallest absolute Gasteiger partial charge is 0.264 e. The van der Waals surface area contributed by atoms with Crippen LogP contribution in [0.1, 0.15) is 22.3 Å². The highest BCUT2D eigenvalue weighted by atomic mass is 35.5. The Morgan fingerprint density at radius 3 is 2.02 bits per heavy atom. The van der Waals surface area contributed by atoms with E-state index >= 15 is 0 Å². The topological polar surface area (TPSA) is 86.8 Å². The lowest BCUT2D eigenvalue weighted by Gasteiger charge is -2.33. The van der Waals surface area contributed by atoms with Crippen LogP contribution in [0.25, 0.3) is 0 Å². The van der Waals surface area contributed by atoms with Crippen LogP contribution in [0.2, 0.25) is 5.02 Å². The van der Waals surface area contributed by atoms with E-state index in [4.69, 9.17) is 11.6 Å². The molecule has 7 nitrogen and oxygen atoms in total. The zero-order valence-electron chi connectivity index (χ0n) is 23.8. The highest BCUT2D eigenvalue weighted by Crippen LogP contribution is 2.27. The molecule has 4 aromatic rings. The molecule has 1 unspecified atom stereocenters. The molecule has 0 aromatic heterocycles. The summed E-state index contributed by atoms with van der Waals surface area (Å²) in [6, 6.07) is 28.8. The van der Waals surface area contributed by atoms with Gasteiger partial charge in [-0.05, 0) is 72.5 Å². The summed E-state index contributed by atoms with van der Waals surface area (Å²) in [5, 5.41) is 3.22. The predicted molar refractivity (Wildman–Crippen MR) is 167 cm³/mol. The van der Waals surface area contributed by atoms with Crippen LogP contribution in [0.15, 0.2) is 108 Å². The summed E-state index contributed by atoms with van der Waals surface area (Å²) in [4.78, 5) is 29.1. The minimum Gasteiger partial charge on any atom is -0.357 e. The number of sulfonamides is 1. The third kappa shape index (κ3) is 7.38. The molecule has 0 aliphatic carbocycles. The number of nitrogens with one attached hydrogen (secondary N) is 1. The Kier molecular flexibility index (Phi) is 10.0. The maximum absolute atomic E-state index is 14.3. The molecule has 2 amide bonds. The van der Waals surface area contributed by atoms with Gasteiger partial charge >= 0.3 is 0 Å². The lowest BCUT2D eigenvalue weighted by Crippen LogP contribution is -2.53. The molecule has 1 N–H and O–H groups in total. The van der Waals surface area contributed by atoms with Crippen molar-refractivity contribution in [2.75, 3.05) is 17.9 Å². The van der Waals surface area contributed by atoms with Gasteiger partial charge in [0.25, 0.3) is 10.0 Å². The molecule has 0 heterocycles. The quantitative estimate of drug-likeness (QED) is 0.244. The first-order valence-electron chi connectivity index (χ1n) is 13.5. The monoisotopic (exact) mass is 603 g/mol. The number of carbonyl (C=O) groups excluding carboxylic acids is 2. The van der Waals surface area contributed by atoms with Crippen molar-refractivity contribution >= 4 is 39.1 Å². The maximum Gasteiger partial charge on any atom is 0.264 e. The normalized spacial score (nSPS) is 11.9. The van der Waals surface area contributed by atoms with Crippen LogP contribution < -0.4 is 9.62 Å². The van der Waals surface area contributed by atoms with Crippen LogP contribution in [0, 0.1) is 13.8 Å². The number of amides is 2. The van der Waals surface area contributed by atoms with Crippen molar-refractivity contribution < 1.29 is 18.0 Å². The number of benzene rings is 4. The molecule has 0 radical (unpaired) electrons. The van der Waals surface area contributed by atoms with Gasteiger partial charge in [0.2, 0.25) is 11.8 Å². The fraction of sp³-hybridized carbons (Fsp3) is 0.212. The number of aryl methyl sites for hydroxylation is 2. The standard InChI is InChI=1S/C33H34ClN3O4S/c1-24-14-19-29(20-25(24)2)37(42(40,41)30-12-8-5-9-13-30)23-32(38)36(22-27-15-17-28(34)18-16-27)31(33(39)35-3)21-26-10-6-4-7-11-26/h4-20,31H,21-23H2,1-3H3,(H,35,39). The summed E-state index contributed by atoms with van der Waals surface area (Å²) in [6.07, 6.45) is 0.245. The van der Waals surface area contributed by atoms with Gasteiger partial charge in [0.1, 0.15) is 12.6 Å². The van der Waals surface area contributed by atoms with E-state index in [0.29, 0.717) is 10.7 Å². The fourth-order valence-electron chi connectivity index (χ4n) is 4.64. The number of rotatable bonds is 11. The molecule has 0 fully saturated rings. The van der Waals surface area contributed by atoms with Gasteiger partial charge in [0, 0.05) is 25.0 Å². The number of halogens is 1. The van der Waals surface area contributed by atoms with E-state index in [-0.39, 0.29) is 23.8 Å². The summed E-state index contributed by atoms with van der Waals surface area (Å²) in [7, 11) is -2.61. The second-order valence-electron chi connectivity index (χ2n) is 10.1. The Bertz CT molecular complexity index is 1630. The van der Waals surface area contributed by atoms with Gasteiger partial charge in [-0.15, -0.1) is 0 Å². The Labute approximate surface area is 252 Å². The van der Waals surface area contributed by atoms with Crippen LogP contribution in [-0.4, -0.2) is 44.8 Å². The molecule has 4 rings (SSSR count). The van der Waals surface area contributed by atoms with Crippen molar-refractivity contribution in [2.45, 2.75) is 37.8 Å². The fourth-order valence-corrected chi connectivity index (χ4v) is 6.19. The average Bonchev–Trinajstić information content (AvgIpc) is 3.00. The number of hydrogen-bond donors (Lipinski definition) is 1. The average molecular weight is 604 g/mol. The van der Waals surface area contributed by atoms with Crippen LogP contribution in [-0.2, 0) is 32.6 Å². The maximum atomic E-state index is 14.3. The van der Waals surface area contributed by atoms with E-state index < -0.39 is 28.5 Å². The number of hydrogen-bond acceptors (Lipinski definition) is 4. The second kappa shape index (κ2) is 13.7. The van der Waals surface area contributed by atoms with Gasteiger partial charge in [-0.25, -0.2) is 8.42 Å². The van der Waals surface area contributed by atoms with E-state index in [1.165, 1.54) is 24.1 Å². The molecular formula is C33H34ClN3O4S. The lowest BCUT2D eigenvalue weighted by atomic mass is 10.0. The van der Waals surface area contributed by atoms with E-state index in [1.807, 2.05) is 50.2 Å². The first kappa shape index (κ1) is 30.8. The molecule has 0 saturated heterocycles. The van der Waals surface area contributed by atoms with Gasteiger partial charge in [-0.1, -0.05) is 78.3 Å². The van der Waals surface area contributed by atoms with E-state index in [0.717, 1.165) is 26.6 Å². The van der Waals surface area contributed by atoms with Gasteiger partial charge in [-0.2, -0.15) is 0 Å². The highest BCUT2D eigenvalue weighted by Gasteiger charge is 2.34. The van der Waals surface area contributed by atoms with Gasteiger partial charge in [0.15, 0.2) is 0 Å². The summed E-state index contributed by atoms with van der Waals surface area (Å²) in [6.45, 7) is 3.40. The number of carbonyl (C=O) groups is 2. The van der Waals surface area contributed by atoms with Crippen molar-refractivity contribution in [3.05, 3.63) is 130 Å². The molecule has 218 valence electrons. The molecule has 4 aromatic carbocycles. The number of nitrogens with zero attached hydrogens (tertiary/aromatic N) is 2. The van der Waals surface area contributed by atoms with Crippen LogP contribution in [0.4, 0.5) is 5.69 Å². The van der Waals surface area contributed by atoms with Crippen molar-refractivity contribution in [2.24, 2.45) is 0 Å². The largest absolute Gasteiger partial charge is 0.357 e. The first-order valence-corrected chi connectivity index (χ1v) is 15.4. The molecule has 0 aliphatic heterocycles. The van der Waals surface area contributed by atoms with Gasteiger partial charge < -0.3 is 10.2 Å². The summed E-state index contributed by atoms with van der Waals surface area (Å²) < 4.78 is 29.1. The highest BCUT2D eigenvalue weighted by molar-refractivity contribution is 7.92. The molecule has 42 heavy (non-hydrogen) atoms. The molecule has 0 spiro atoms. The minimum absolute atomic E-state index is 0.0624. The Morgan fingerprint density at radius 2 is 1.43 bits per heavy atom. The molecule has 1 atom stereocenters. The molecule has 9 heteroatoms. The zero-order chi connectivity index (χ0) is 30.3. The number of likely N-dealkylation sites (N-methyl/N-ethyl adjacent to an activating group) is 1. The van der Waals surface area contributed by atoms with E-state index in [9.17, 15) is 18.0 Å². The van der Waals surface area contributed by atoms with Crippen molar-refractivity contribution in [3.63, 3.8) is 0 Å². The minimum atomic E-state index is -4.13. The third-order valence-corrected chi connectivity index (χ3v) is 9.21. The zero-order valence-corrected chi connectivity index (χ0v) is 25.4. The van der Waals surface area contributed by atoms with Crippen molar-refractivity contribution in [3.8, 4) is 0 Å². The van der Waals surface area contributed by atoms with Crippen LogP contribution >= 0.6 is 11.6 Å². The van der Waals surface area contributed by atoms with Crippen molar-refractivity contribution in [1.82, 2.24) is 10.2 Å². The summed E-state index contributed by atoms with van der Waals surface area (Å²) in [5.74, 6) is -0.878. The molecule has 0 aliphatic rings. The van der Waals surface area contributed by atoms with Gasteiger partial charge in [0.05, 0.1) is 10.6 Å². The van der Waals surface area contributed by atoms with Crippen LogP contribution in [0.3, 0.4) is 0 Å². The van der Waals surface area contributed by atoms with Crippen LogP contribution in [0.5, 0.6) is 0 Å². The molecule has 0 bridgehead atoms. The first-order chi connectivity index (χ1) is 20.1. The Morgan fingerprint density at radius 1 is 0.810 bits per heavy atom. The predicted octanol–water partition coefficient (Wildman–Crippen LogP) is 5.54. The second-order valence-corrected chi connectivity index (χ2v) is 12.4. The van der Waals surface area contributed by atoms with E-state index in [2.05, 4.69) is 5.32 Å². The Balaban J connectivity index is 1.79. The number of anilines is 1. The van der Waals surface area contributed by atoms with Crippen molar-refractivity contribution in [1.29, 1.82) is 0 Å². The van der Waals surface area contributed by atoms with Gasteiger partial charge in [-0.3, -0.25) is 13.9 Å².